The fourth-order valence-corrected chi connectivity index (χ4v) is 5.21. The van der Waals surface area contributed by atoms with Crippen molar-refractivity contribution in [2.24, 2.45) is 11.8 Å². The Labute approximate surface area is 197 Å². The molecule has 1 heterocycles. The number of aliphatic carboxylic acids is 1. The number of benzene rings is 1. The Kier molecular flexibility index (Phi) is 7.07. The van der Waals surface area contributed by atoms with Crippen LogP contribution in [-0.4, -0.2) is 22.1 Å². The number of anilines is 1. The van der Waals surface area contributed by atoms with Crippen molar-refractivity contribution in [3.8, 4) is 0 Å². The molecule has 1 aromatic heterocycles. The number of carboxylic acids is 1. The van der Waals surface area contributed by atoms with Gasteiger partial charge in [-0.15, -0.1) is 0 Å². The van der Waals surface area contributed by atoms with Crippen LogP contribution in [0.25, 0.3) is 0 Å². The van der Waals surface area contributed by atoms with Gasteiger partial charge in [-0.25, -0.2) is 4.39 Å². The van der Waals surface area contributed by atoms with Crippen LogP contribution in [0.3, 0.4) is 0 Å². The molecule has 0 radical (unpaired) electrons. The van der Waals surface area contributed by atoms with E-state index in [1.807, 2.05) is 0 Å². The second kappa shape index (κ2) is 9.84. The van der Waals surface area contributed by atoms with E-state index in [9.17, 15) is 19.1 Å². The van der Waals surface area contributed by atoms with Crippen molar-refractivity contribution >= 4 is 29.2 Å². The van der Waals surface area contributed by atoms with Crippen molar-refractivity contribution in [3.05, 3.63) is 46.1 Å². The highest BCUT2D eigenvalue weighted by Gasteiger charge is 2.42. The van der Waals surface area contributed by atoms with Gasteiger partial charge >= 0.3 is 5.97 Å². The Morgan fingerprint density at radius 2 is 1.97 bits per heavy atom. The van der Waals surface area contributed by atoms with Crippen LogP contribution < -0.4 is 5.32 Å². The summed E-state index contributed by atoms with van der Waals surface area (Å²) in [4.78, 5) is 24.4. The van der Waals surface area contributed by atoms with Crippen molar-refractivity contribution in [3.63, 3.8) is 0 Å². The number of amides is 1. The molecule has 2 saturated carbocycles. The summed E-state index contributed by atoms with van der Waals surface area (Å²) in [6.07, 6.45) is 5.09. The number of hydrogen-bond donors (Lipinski definition) is 2. The molecule has 1 atom stereocenters. The van der Waals surface area contributed by atoms with Gasteiger partial charge in [0.05, 0.1) is 22.8 Å². The average Bonchev–Trinajstić information content (AvgIpc) is 3.44. The number of carbonyl (C=O) groups excluding carboxylic acids is 1. The van der Waals surface area contributed by atoms with Gasteiger partial charge in [0, 0.05) is 23.8 Å². The van der Waals surface area contributed by atoms with E-state index in [1.165, 1.54) is 18.6 Å². The van der Waals surface area contributed by atoms with Crippen LogP contribution in [0, 0.1) is 17.7 Å². The molecule has 2 aromatic rings. The molecule has 1 aromatic carbocycles. The number of rotatable bonds is 10. The molecule has 1 unspecified atom stereocenters. The van der Waals surface area contributed by atoms with Gasteiger partial charge in [0.1, 0.15) is 11.6 Å². The second-order valence-electron chi connectivity index (χ2n) is 9.96. The molecule has 2 aliphatic rings. The molecular formula is C25H30ClFN2O4. The highest BCUT2D eigenvalue weighted by Crippen LogP contribution is 2.52. The number of nitrogens with zero attached hydrogens (tertiary/aromatic N) is 1. The maximum absolute atomic E-state index is 13.3. The van der Waals surface area contributed by atoms with Crippen molar-refractivity contribution in [1.29, 1.82) is 0 Å². The Hall–Kier alpha value is -2.41. The Morgan fingerprint density at radius 1 is 1.24 bits per heavy atom. The van der Waals surface area contributed by atoms with Crippen molar-refractivity contribution < 1.29 is 23.6 Å². The Morgan fingerprint density at radius 3 is 2.58 bits per heavy atom. The third-order valence-electron chi connectivity index (χ3n) is 6.63. The number of aromatic nitrogens is 1. The SMILES string of the molecule is CC(C)CC1CC(c2onc(C(CC(=O)O)CC(=O)Nc3ccc(F)cc3Cl)c2C2CC2)C1. The van der Waals surface area contributed by atoms with E-state index >= 15 is 0 Å². The quantitative estimate of drug-likeness (QED) is 0.410. The number of nitrogens with one attached hydrogen (secondary N) is 1. The van der Waals surface area contributed by atoms with Gasteiger partial charge in [-0.3, -0.25) is 9.59 Å². The van der Waals surface area contributed by atoms with Gasteiger partial charge in [0.25, 0.3) is 0 Å². The zero-order valence-corrected chi connectivity index (χ0v) is 19.7. The molecule has 4 rings (SSSR count). The fraction of sp³-hybridized carbons (Fsp3) is 0.560. The molecule has 1 amide bonds. The maximum atomic E-state index is 13.3. The highest BCUT2D eigenvalue weighted by molar-refractivity contribution is 6.33. The van der Waals surface area contributed by atoms with E-state index in [1.54, 1.807) is 0 Å². The molecule has 2 fully saturated rings. The summed E-state index contributed by atoms with van der Waals surface area (Å²) < 4.78 is 19.1. The van der Waals surface area contributed by atoms with Crippen LogP contribution in [0.1, 0.15) is 93.6 Å². The van der Waals surface area contributed by atoms with E-state index in [0.717, 1.165) is 43.1 Å². The minimum absolute atomic E-state index is 0.0770. The van der Waals surface area contributed by atoms with Crippen LogP contribution in [-0.2, 0) is 9.59 Å². The predicted molar refractivity (Wildman–Crippen MR) is 123 cm³/mol. The summed E-state index contributed by atoms with van der Waals surface area (Å²) in [5.74, 6) is 0.387. The Balaban J connectivity index is 1.52. The van der Waals surface area contributed by atoms with Gasteiger partial charge in [0.15, 0.2) is 0 Å². The predicted octanol–water partition coefficient (Wildman–Crippen LogP) is 6.47. The smallest absolute Gasteiger partial charge is 0.304 e. The van der Waals surface area contributed by atoms with Gasteiger partial charge in [-0.05, 0) is 68.1 Å². The first-order valence-electron chi connectivity index (χ1n) is 11.7. The zero-order chi connectivity index (χ0) is 23.7. The van der Waals surface area contributed by atoms with Crippen molar-refractivity contribution in [1.82, 2.24) is 5.16 Å². The molecule has 2 aliphatic carbocycles. The maximum Gasteiger partial charge on any atom is 0.304 e. The number of carboxylic acid groups (broad SMARTS) is 1. The first-order chi connectivity index (χ1) is 15.7. The minimum atomic E-state index is -1.00. The average molecular weight is 477 g/mol. The molecule has 6 nitrogen and oxygen atoms in total. The van der Waals surface area contributed by atoms with E-state index in [4.69, 9.17) is 16.1 Å². The molecule has 0 saturated heterocycles. The summed E-state index contributed by atoms with van der Waals surface area (Å²) in [6.45, 7) is 4.46. The van der Waals surface area contributed by atoms with Gasteiger partial charge in [-0.2, -0.15) is 0 Å². The summed E-state index contributed by atoms with van der Waals surface area (Å²) in [5, 5.41) is 16.6. The molecule has 0 aliphatic heterocycles. The third kappa shape index (κ3) is 5.75. The van der Waals surface area contributed by atoms with Crippen LogP contribution in [0.15, 0.2) is 22.7 Å². The Bertz CT molecular complexity index is 1030. The molecule has 0 spiro atoms. The lowest BCUT2D eigenvalue weighted by Crippen LogP contribution is -2.24. The van der Waals surface area contributed by atoms with E-state index in [0.29, 0.717) is 29.4 Å². The summed E-state index contributed by atoms with van der Waals surface area (Å²) in [7, 11) is 0. The lowest BCUT2D eigenvalue weighted by molar-refractivity contribution is -0.137. The fourth-order valence-electron chi connectivity index (χ4n) is 5.00. The van der Waals surface area contributed by atoms with Crippen LogP contribution >= 0.6 is 11.6 Å². The topological polar surface area (TPSA) is 92.4 Å². The van der Waals surface area contributed by atoms with Crippen molar-refractivity contribution in [2.45, 2.75) is 76.5 Å². The van der Waals surface area contributed by atoms with Gasteiger partial charge in [-0.1, -0.05) is 30.6 Å². The minimum Gasteiger partial charge on any atom is -0.481 e. The normalized spacial score (nSPS) is 21.0. The van der Waals surface area contributed by atoms with Crippen molar-refractivity contribution in [2.75, 3.05) is 5.32 Å². The molecule has 0 bridgehead atoms. The van der Waals surface area contributed by atoms with E-state index in [2.05, 4.69) is 24.3 Å². The van der Waals surface area contributed by atoms with Crippen LogP contribution in [0.5, 0.6) is 0 Å². The van der Waals surface area contributed by atoms with Gasteiger partial charge < -0.3 is 14.9 Å². The summed E-state index contributed by atoms with van der Waals surface area (Å²) in [5.41, 5.74) is 1.91. The lowest BCUT2D eigenvalue weighted by Gasteiger charge is -2.35. The van der Waals surface area contributed by atoms with E-state index in [-0.39, 0.29) is 23.6 Å². The molecule has 2 N–H and O–H groups in total. The molecular weight excluding hydrogens is 447 g/mol. The van der Waals surface area contributed by atoms with Gasteiger partial charge in [0.2, 0.25) is 5.91 Å². The second-order valence-corrected chi connectivity index (χ2v) is 10.4. The van der Waals surface area contributed by atoms with Crippen LogP contribution in [0.2, 0.25) is 5.02 Å². The standard InChI is InChI=1S/C25H30ClFN2O4/c1-13(2)7-14-8-17(9-14)25-23(15-3-4-15)24(29-33-25)16(11-22(31)32)10-21(30)28-20-6-5-18(27)12-19(20)26/h5-6,12-17H,3-4,7-11H2,1-2H3,(H,28,30)(H,31,32). The number of carbonyl (C=O) groups is 2. The monoisotopic (exact) mass is 476 g/mol. The largest absolute Gasteiger partial charge is 0.481 e. The summed E-state index contributed by atoms with van der Waals surface area (Å²) in [6, 6.07) is 3.71. The highest BCUT2D eigenvalue weighted by atomic mass is 35.5. The third-order valence-corrected chi connectivity index (χ3v) is 6.94. The first-order valence-corrected chi connectivity index (χ1v) is 12.0. The first kappa shape index (κ1) is 23.7. The number of halogens is 2. The van der Waals surface area contributed by atoms with E-state index < -0.39 is 23.6 Å². The molecule has 178 valence electrons. The molecule has 33 heavy (non-hydrogen) atoms. The number of hydrogen-bond acceptors (Lipinski definition) is 4. The summed E-state index contributed by atoms with van der Waals surface area (Å²) >= 11 is 6.01. The molecule has 8 heteroatoms. The van der Waals surface area contributed by atoms with Crippen LogP contribution in [0.4, 0.5) is 10.1 Å². The zero-order valence-electron chi connectivity index (χ0n) is 18.9. The lowest BCUT2D eigenvalue weighted by atomic mass is 9.69.